The molecule has 2 aromatic rings. The van der Waals surface area contributed by atoms with Crippen molar-refractivity contribution < 1.29 is 27.4 Å². The van der Waals surface area contributed by atoms with Crippen molar-refractivity contribution in [3.63, 3.8) is 0 Å². The highest BCUT2D eigenvalue weighted by Gasteiger charge is 2.42. The second kappa shape index (κ2) is 9.71. The van der Waals surface area contributed by atoms with E-state index in [2.05, 4.69) is 5.32 Å². The third-order valence-electron chi connectivity index (χ3n) is 6.20. The lowest BCUT2D eigenvalue weighted by Gasteiger charge is -2.46. The van der Waals surface area contributed by atoms with E-state index in [9.17, 15) is 13.2 Å². The lowest BCUT2D eigenvalue weighted by atomic mass is 9.67. The van der Waals surface area contributed by atoms with Crippen molar-refractivity contribution in [1.29, 1.82) is 0 Å². The van der Waals surface area contributed by atoms with Crippen LogP contribution in [0.15, 0.2) is 42.5 Å². The Labute approximate surface area is 188 Å². The minimum absolute atomic E-state index is 0.381. The molecule has 7 heteroatoms. The van der Waals surface area contributed by atoms with E-state index in [0.29, 0.717) is 50.5 Å². The fraction of sp³-hybridized carbons (Fsp3) is 0.520. The van der Waals surface area contributed by atoms with Gasteiger partial charge < -0.3 is 19.5 Å². The van der Waals surface area contributed by atoms with E-state index < -0.39 is 17.3 Å². The Kier molecular flexibility index (Phi) is 7.40. The zero-order valence-electron chi connectivity index (χ0n) is 19.1. The maximum atomic E-state index is 13.4. The van der Waals surface area contributed by atoms with Crippen LogP contribution < -0.4 is 14.8 Å². The van der Waals surface area contributed by atoms with Crippen molar-refractivity contribution in [3.8, 4) is 11.5 Å². The van der Waals surface area contributed by atoms with Crippen LogP contribution in [0.25, 0.3) is 0 Å². The Morgan fingerprint density at radius 1 is 1.03 bits per heavy atom. The van der Waals surface area contributed by atoms with Gasteiger partial charge in [-0.3, -0.25) is 0 Å². The predicted octanol–water partition coefficient (Wildman–Crippen LogP) is 5.73. The van der Waals surface area contributed by atoms with Gasteiger partial charge in [-0.15, -0.1) is 0 Å². The monoisotopic (exact) mass is 451 g/mol. The molecule has 4 nitrogen and oxygen atoms in total. The van der Waals surface area contributed by atoms with Gasteiger partial charge in [0.15, 0.2) is 11.5 Å². The molecular weight excluding hydrogens is 419 g/mol. The van der Waals surface area contributed by atoms with Crippen LogP contribution >= 0.6 is 0 Å². The first kappa shape index (κ1) is 24.4. The highest BCUT2D eigenvalue weighted by molar-refractivity contribution is 5.42. The third kappa shape index (κ3) is 5.75. The summed E-state index contributed by atoms with van der Waals surface area (Å²) in [6.45, 7) is 5.83. The molecule has 0 aromatic heterocycles. The average Bonchev–Trinajstić information content (AvgIpc) is 2.75. The van der Waals surface area contributed by atoms with Gasteiger partial charge in [0.2, 0.25) is 0 Å². The van der Waals surface area contributed by atoms with Gasteiger partial charge in [0.1, 0.15) is 0 Å². The molecule has 0 aliphatic carbocycles. The first-order valence-corrected chi connectivity index (χ1v) is 10.8. The van der Waals surface area contributed by atoms with E-state index in [-0.39, 0.29) is 5.41 Å². The number of benzene rings is 2. The molecule has 1 aliphatic rings. The standard InChI is InChI=1S/C25H32F3NO3/c1-23(2)17-24(11-13-32-23,19-6-5-7-20(15-19)25(26,27)28)10-12-29-16-18-8-9-21(30-3)22(14-18)31-4/h5-9,14-15,29H,10-13,16-17H2,1-4H3. The Morgan fingerprint density at radius 2 is 1.78 bits per heavy atom. The highest BCUT2D eigenvalue weighted by atomic mass is 19.4. The maximum Gasteiger partial charge on any atom is 0.416 e. The number of nitrogens with one attached hydrogen (secondary N) is 1. The van der Waals surface area contributed by atoms with Gasteiger partial charge in [-0.25, -0.2) is 0 Å². The van der Waals surface area contributed by atoms with Crippen molar-refractivity contribution >= 4 is 0 Å². The molecule has 176 valence electrons. The van der Waals surface area contributed by atoms with Crippen LogP contribution in [-0.4, -0.2) is 33.0 Å². The molecule has 1 unspecified atom stereocenters. The van der Waals surface area contributed by atoms with Gasteiger partial charge in [0, 0.05) is 18.6 Å². The molecule has 1 fully saturated rings. The predicted molar refractivity (Wildman–Crippen MR) is 118 cm³/mol. The van der Waals surface area contributed by atoms with Crippen LogP contribution in [0.5, 0.6) is 11.5 Å². The van der Waals surface area contributed by atoms with Crippen LogP contribution in [0.2, 0.25) is 0 Å². The summed E-state index contributed by atoms with van der Waals surface area (Å²) in [5, 5.41) is 3.45. The van der Waals surface area contributed by atoms with Crippen molar-refractivity contribution in [2.75, 3.05) is 27.4 Å². The summed E-state index contributed by atoms with van der Waals surface area (Å²) >= 11 is 0. The molecular formula is C25H32F3NO3. The fourth-order valence-electron chi connectivity index (χ4n) is 4.66. The molecule has 1 N–H and O–H groups in total. The Morgan fingerprint density at radius 3 is 2.44 bits per heavy atom. The number of methoxy groups -OCH3 is 2. The van der Waals surface area contributed by atoms with Gasteiger partial charge >= 0.3 is 6.18 Å². The summed E-state index contributed by atoms with van der Waals surface area (Å²) in [6.07, 6.45) is -2.28. The zero-order chi connectivity index (χ0) is 23.4. The quantitative estimate of drug-likeness (QED) is 0.521. The summed E-state index contributed by atoms with van der Waals surface area (Å²) in [5.41, 5.74) is 0.403. The number of rotatable bonds is 8. The molecule has 32 heavy (non-hydrogen) atoms. The maximum absolute atomic E-state index is 13.4. The number of hydrogen-bond acceptors (Lipinski definition) is 4. The molecule has 1 atom stereocenters. The topological polar surface area (TPSA) is 39.7 Å². The Balaban J connectivity index is 1.75. The van der Waals surface area contributed by atoms with Crippen LogP contribution in [-0.2, 0) is 22.9 Å². The van der Waals surface area contributed by atoms with Gasteiger partial charge in [-0.05, 0) is 69.0 Å². The molecule has 1 heterocycles. The largest absolute Gasteiger partial charge is 0.493 e. The normalized spacial score (nSPS) is 20.7. The molecule has 3 rings (SSSR count). The van der Waals surface area contributed by atoms with Crippen LogP contribution in [0, 0.1) is 0 Å². The summed E-state index contributed by atoms with van der Waals surface area (Å²) in [7, 11) is 3.19. The first-order chi connectivity index (χ1) is 15.1. The minimum atomic E-state index is -4.36. The van der Waals surface area contributed by atoms with Gasteiger partial charge in [-0.2, -0.15) is 13.2 Å². The van der Waals surface area contributed by atoms with E-state index in [1.54, 1.807) is 14.2 Å². The molecule has 1 saturated heterocycles. The Hall–Kier alpha value is -2.25. The Bertz CT molecular complexity index is 914. The van der Waals surface area contributed by atoms with E-state index in [4.69, 9.17) is 14.2 Å². The van der Waals surface area contributed by atoms with Crippen molar-refractivity contribution in [1.82, 2.24) is 5.32 Å². The van der Waals surface area contributed by atoms with Crippen molar-refractivity contribution in [2.45, 2.75) is 56.8 Å². The van der Waals surface area contributed by atoms with E-state index in [1.807, 2.05) is 38.1 Å². The number of ether oxygens (including phenoxy) is 3. The van der Waals surface area contributed by atoms with Crippen molar-refractivity contribution in [3.05, 3.63) is 59.2 Å². The van der Waals surface area contributed by atoms with Gasteiger partial charge in [0.25, 0.3) is 0 Å². The average molecular weight is 452 g/mol. The highest BCUT2D eigenvalue weighted by Crippen LogP contribution is 2.45. The SMILES string of the molecule is COc1ccc(CNCCC2(c3cccc(C(F)(F)F)c3)CCOC(C)(C)C2)cc1OC. The first-order valence-electron chi connectivity index (χ1n) is 10.8. The van der Waals surface area contributed by atoms with Crippen LogP contribution in [0.1, 0.15) is 49.8 Å². The second-order valence-electron chi connectivity index (χ2n) is 9.01. The van der Waals surface area contributed by atoms with Gasteiger partial charge in [-0.1, -0.05) is 24.3 Å². The smallest absolute Gasteiger partial charge is 0.416 e. The molecule has 0 spiro atoms. The summed E-state index contributed by atoms with van der Waals surface area (Å²) in [6, 6.07) is 11.5. The summed E-state index contributed by atoms with van der Waals surface area (Å²) < 4.78 is 56.6. The number of hydrogen-bond donors (Lipinski definition) is 1. The van der Waals surface area contributed by atoms with E-state index in [0.717, 1.165) is 17.2 Å². The lowest BCUT2D eigenvalue weighted by molar-refractivity contribution is -0.137. The second-order valence-corrected chi connectivity index (χ2v) is 9.01. The van der Waals surface area contributed by atoms with Crippen LogP contribution in [0.3, 0.4) is 0 Å². The molecule has 0 amide bonds. The van der Waals surface area contributed by atoms with E-state index >= 15 is 0 Å². The molecule has 1 aliphatic heterocycles. The minimum Gasteiger partial charge on any atom is -0.493 e. The van der Waals surface area contributed by atoms with Gasteiger partial charge in [0.05, 0.1) is 25.4 Å². The van der Waals surface area contributed by atoms with Crippen LogP contribution in [0.4, 0.5) is 13.2 Å². The van der Waals surface area contributed by atoms with Crippen molar-refractivity contribution in [2.24, 2.45) is 0 Å². The summed E-state index contributed by atoms with van der Waals surface area (Å²) in [5.74, 6) is 1.34. The molecule has 0 saturated carbocycles. The fourth-order valence-corrected chi connectivity index (χ4v) is 4.66. The lowest BCUT2D eigenvalue weighted by Crippen LogP contribution is -2.45. The number of halogens is 3. The molecule has 0 radical (unpaired) electrons. The molecule has 0 bridgehead atoms. The third-order valence-corrected chi connectivity index (χ3v) is 6.20. The summed E-state index contributed by atoms with van der Waals surface area (Å²) in [4.78, 5) is 0. The zero-order valence-corrected chi connectivity index (χ0v) is 19.1. The molecule has 2 aromatic carbocycles. The van der Waals surface area contributed by atoms with E-state index in [1.165, 1.54) is 12.1 Å². The number of alkyl halides is 3.